The molecular formula is C16H20N4O5. The second-order valence-corrected chi connectivity index (χ2v) is 5.74. The molecule has 0 amide bonds. The van der Waals surface area contributed by atoms with Crippen molar-refractivity contribution in [2.45, 2.75) is 38.8 Å². The van der Waals surface area contributed by atoms with Gasteiger partial charge in [-0.25, -0.2) is 0 Å². The Morgan fingerprint density at radius 3 is 2.64 bits per heavy atom. The van der Waals surface area contributed by atoms with Crippen molar-refractivity contribution in [3.8, 4) is 11.4 Å². The third-order valence-electron chi connectivity index (χ3n) is 3.82. The van der Waals surface area contributed by atoms with Gasteiger partial charge in [0.05, 0.1) is 18.6 Å². The predicted molar refractivity (Wildman–Crippen MR) is 88.6 cm³/mol. The lowest BCUT2D eigenvalue weighted by Crippen LogP contribution is -2.49. The van der Waals surface area contributed by atoms with Crippen LogP contribution < -0.4 is 5.32 Å². The molecule has 0 spiro atoms. The number of hydrogen-bond acceptors (Lipinski definition) is 8. The molecule has 2 aromatic rings. The quantitative estimate of drug-likeness (QED) is 0.439. The molecule has 134 valence electrons. The number of hydrogen-bond donors (Lipinski definition) is 1. The minimum absolute atomic E-state index is 0.0115. The van der Waals surface area contributed by atoms with E-state index in [1.807, 2.05) is 6.92 Å². The van der Waals surface area contributed by atoms with Gasteiger partial charge in [-0.2, -0.15) is 4.98 Å². The molecule has 1 aromatic carbocycles. The first-order valence-corrected chi connectivity index (χ1v) is 7.80. The van der Waals surface area contributed by atoms with Crippen LogP contribution in [0.25, 0.3) is 11.4 Å². The zero-order valence-electron chi connectivity index (χ0n) is 14.3. The van der Waals surface area contributed by atoms with Gasteiger partial charge >= 0.3 is 5.97 Å². The van der Waals surface area contributed by atoms with Crippen LogP contribution in [0.1, 0.15) is 32.6 Å². The van der Waals surface area contributed by atoms with Crippen LogP contribution in [0.15, 0.2) is 28.8 Å². The normalized spacial score (nSPS) is 13.2. The summed E-state index contributed by atoms with van der Waals surface area (Å²) < 4.78 is 10.0. The number of benzene rings is 1. The molecule has 1 N–H and O–H groups in total. The van der Waals surface area contributed by atoms with Crippen molar-refractivity contribution in [3.05, 3.63) is 40.3 Å². The molecular weight excluding hydrogens is 328 g/mol. The number of non-ortho nitro benzene ring substituents is 1. The Morgan fingerprint density at radius 2 is 2.08 bits per heavy atom. The highest BCUT2D eigenvalue weighted by atomic mass is 16.6. The Labute approximate surface area is 144 Å². The van der Waals surface area contributed by atoms with Gasteiger partial charge in [-0.05, 0) is 25.5 Å². The standard InChI is InChI=1S/C16H20N4O5/c1-4-9-16(2,15(21)24-3)17-10-13-18-14(19-25-13)11-5-7-12(8-6-11)20(22)23/h5-8,17H,4,9-10H2,1-3H3/t16-/m0/s1. The SMILES string of the molecule is CCC[C@](C)(NCc1nc(-c2ccc([N+](=O)[O-])cc2)no1)C(=O)OC. The molecule has 0 aliphatic carbocycles. The van der Waals surface area contributed by atoms with E-state index in [4.69, 9.17) is 9.26 Å². The third kappa shape index (κ3) is 4.38. The highest BCUT2D eigenvalue weighted by Gasteiger charge is 2.33. The van der Waals surface area contributed by atoms with Gasteiger partial charge in [-0.1, -0.05) is 18.5 Å². The Balaban J connectivity index is 2.08. The second-order valence-electron chi connectivity index (χ2n) is 5.74. The van der Waals surface area contributed by atoms with Crippen molar-refractivity contribution in [3.63, 3.8) is 0 Å². The molecule has 0 fully saturated rings. The summed E-state index contributed by atoms with van der Waals surface area (Å²) in [4.78, 5) is 26.4. The van der Waals surface area contributed by atoms with Crippen LogP contribution in [0.3, 0.4) is 0 Å². The molecule has 0 saturated carbocycles. The zero-order valence-corrected chi connectivity index (χ0v) is 14.3. The van der Waals surface area contributed by atoms with E-state index >= 15 is 0 Å². The topological polar surface area (TPSA) is 120 Å². The first-order valence-electron chi connectivity index (χ1n) is 7.80. The Morgan fingerprint density at radius 1 is 1.40 bits per heavy atom. The number of ether oxygens (including phenoxy) is 1. The Bertz CT molecular complexity index is 743. The molecule has 0 unspecified atom stereocenters. The highest BCUT2D eigenvalue weighted by Crippen LogP contribution is 2.20. The number of carbonyl (C=O) groups is 1. The number of nitrogens with zero attached hydrogens (tertiary/aromatic N) is 3. The number of nitrogens with one attached hydrogen (secondary N) is 1. The monoisotopic (exact) mass is 348 g/mol. The summed E-state index contributed by atoms with van der Waals surface area (Å²) in [7, 11) is 1.34. The number of rotatable bonds is 8. The predicted octanol–water partition coefficient (Wildman–Crippen LogP) is 2.47. The summed E-state index contributed by atoms with van der Waals surface area (Å²) in [6.07, 6.45) is 1.40. The van der Waals surface area contributed by atoms with Crippen LogP contribution in [0.4, 0.5) is 5.69 Å². The average molecular weight is 348 g/mol. The number of aromatic nitrogens is 2. The van der Waals surface area contributed by atoms with Gasteiger partial charge in [0.15, 0.2) is 0 Å². The molecule has 0 saturated heterocycles. The van der Waals surface area contributed by atoms with Crippen molar-refractivity contribution >= 4 is 11.7 Å². The molecule has 1 heterocycles. The number of nitro benzene ring substituents is 1. The van der Waals surface area contributed by atoms with E-state index in [1.165, 1.54) is 19.2 Å². The van der Waals surface area contributed by atoms with Gasteiger partial charge in [-0.15, -0.1) is 0 Å². The molecule has 9 heteroatoms. The van der Waals surface area contributed by atoms with E-state index < -0.39 is 10.5 Å². The molecule has 0 bridgehead atoms. The summed E-state index contributed by atoms with van der Waals surface area (Å²) in [5.74, 6) is 0.269. The lowest BCUT2D eigenvalue weighted by Gasteiger charge is -2.26. The molecule has 9 nitrogen and oxygen atoms in total. The van der Waals surface area contributed by atoms with Crippen LogP contribution >= 0.6 is 0 Å². The third-order valence-corrected chi connectivity index (χ3v) is 3.82. The summed E-state index contributed by atoms with van der Waals surface area (Å²) in [5.41, 5.74) is -0.252. The minimum atomic E-state index is -0.842. The molecule has 0 aliphatic rings. The summed E-state index contributed by atoms with van der Waals surface area (Å²) in [6, 6.07) is 5.85. The fourth-order valence-corrected chi connectivity index (χ4v) is 2.43. The molecule has 1 aromatic heterocycles. The smallest absolute Gasteiger partial charge is 0.325 e. The van der Waals surface area contributed by atoms with Gasteiger partial charge in [0.1, 0.15) is 5.54 Å². The molecule has 0 aliphatic heterocycles. The van der Waals surface area contributed by atoms with E-state index in [1.54, 1.807) is 19.1 Å². The van der Waals surface area contributed by atoms with Crippen molar-refractivity contribution < 1.29 is 19.0 Å². The van der Waals surface area contributed by atoms with E-state index in [0.29, 0.717) is 23.7 Å². The maximum absolute atomic E-state index is 12.0. The fourth-order valence-electron chi connectivity index (χ4n) is 2.43. The molecule has 2 rings (SSSR count). The zero-order chi connectivity index (χ0) is 18.4. The first-order chi connectivity index (χ1) is 11.9. The molecule has 25 heavy (non-hydrogen) atoms. The van der Waals surface area contributed by atoms with Crippen molar-refractivity contribution in [1.29, 1.82) is 0 Å². The lowest BCUT2D eigenvalue weighted by atomic mass is 9.96. The Kier molecular flexibility index (Phi) is 5.81. The maximum atomic E-state index is 12.0. The number of carbonyl (C=O) groups excluding carboxylic acids is 1. The first kappa shape index (κ1) is 18.5. The summed E-state index contributed by atoms with van der Waals surface area (Å²) >= 11 is 0. The number of nitro groups is 1. The van der Waals surface area contributed by atoms with Gasteiger partial charge in [0, 0.05) is 17.7 Å². The maximum Gasteiger partial charge on any atom is 0.325 e. The fraction of sp³-hybridized carbons (Fsp3) is 0.438. The minimum Gasteiger partial charge on any atom is -0.468 e. The highest BCUT2D eigenvalue weighted by molar-refractivity contribution is 5.80. The van der Waals surface area contributed by atoms with Gasteiger partial charge < -0.3 is 9.26 Å². The van der Waals surface area contributed by atoms with Gasteiger partial charge in [0.2, 0.25) is 11.7 Å². The van der Waals surface area contributed by atoms with Crippen LogP contribution in [0, 0.1) is 10.1 Å². The Hall–Kier alpha value is -2.81. The van der Waals surface area contributed by atoms with Crippen molar-refractivity contribution in [2.75, 3.05) is 7.11 Å². The van der Waals surface area contributed by atoms with Crippen molar-refractivity contribution in [2.24, 2.45) is 0 Å². The largest absolute Gasteiger partial charge is 0.468 e. The van der Waals surface area contributed by atoms with E-state index in [-0.39, 0.29) is 18.2 Å². The van der Waals surface area contributed by atoms with E-state index in [0.717, 1.165) is 6.42 Å². The van der Waals surface area contributed by atoms with E-state index in [2.05, 4.69) is 15.5 Å². The number of methoxy groups -OCH3 is 1. The van der Waals surface area contributed by atoms with Crippen LogP contribution in [-0.2, 0) is 16.1 Å². The number of esters is 1. The lowest BCUT2D eigenvalue weighted by molar-refractivity contribution is -0.384. The van der Waals surface area contributed by atoms with Crippen LogP contribution in [0.5, 0.6) is 0 Å². The van der Waals surface area contributed by atoms with Gasteiger partial charge in [0.25, 0.3) is 5.69 Å². The van der Waals surface area contributed by atoms with Crippen LogP contribution in [-0.4, -0.2) is 33.7 Å². The second kappa shape index (κ2) is 7.84. The average Bonchev–Trinajstić information content (AvgIpc) is 3.08. The van der Waals surface area contributed by atoms with Gasteiger partial charge in [-0.3, -0.25) is 20.2 Å². The van der Waals surface area contributed by atoms with Crippen molar-refractivity contribution in [1.82, 2.24) is 15.5 Å². The molecule has 0 radical (unpaired) electrons. The summed E-state index contributed by atoms with van der Waals surface area (Å²) in [6.45, 7) is 3.93. The summed E-state index contributed by atoms with van der Waals surface area (Å²) in [5, 5.41) is 17.6. The van der Waals surface area contributed by atoms with E-state index in [9.17, 15) is 14.9 Å². The van der Waals surface area contributed by atoms with Crippen LogP contribution in [0.2, 0.25) is 0 Å². The molecule has 1 atom stereocenters.